The Balaban J connectivity index is 1.62. The molecule has 0 aliphatic carbocycles. The van der Waals surface area contributed by atoms with Crippen molar-refractivity contribution >= 4 is 17.4 Å². The highest BCUT2D eigenvalue weighted by Crippen LogP contribution is 2.38. The van der Waals surface area contributed by atoms with Gasteiger partial charge in [-0.05, 0) is 29.3 Å². The Morgan fingerprint density at radius 1 is 1.28 bits per heavy atom. The van der Waals surface area contributed by atoms with E-state index in [4.69, 9.17) is 5.26 Å². The highest BCUT2D eigenvalue weighted by Gasteiger charge is 2.60. The molecule has 0 saturated heterocycles. The Morgan fingerprint density at radius 2 is 2.03 bits per heavy atom. The van der Waals surface area contributed by atoms with E-state index in [0.717, 1.165) is 0 Å². The molecule has 1 heterocycles. The molecule has 1 aliphatic heterocycles. The van der Waals surface area contributed by atoms with Gasteiger partial charge in [0.05, 0.1) is 23.4 Å². The van der Waals surface area contributed by atoms with Crippen molar-refractivity contribution in [2.75, 3.05) is 5.32 Å². The smallest absolute Gasteiger partial charge is 0.350 e. The maximum absolute atomic E-state index is 12.8. The Labute approximate surface area is 163 Å². The molecule has 29 heavy (non-hydrogen) atoms. The number of anilines is 1. The summed E-state index contributed by atoms with van der Waals surface area (Å²) < 4.78 is 38.5. The van der Waals surface area contributed by atoms with E-state index in [1.165, 1.54) is 12.1 Å². The molecular weight excluding hydrogens is 389 g/mol. The van der Waals surface area contributed by atoms with Gasteiger partial charge in [0.2, 0.25) is 0 Å². The van der Waals surface area contributed by atoms with E-state index in [1.807, 2.05) is 6.07 Å². The number of hydrogen-bond acceptors (Lipinski definition) is 5. The second-order valence-electron chi connectivity index (χ2n) is 6.25. The van der Waals surface area contributed by atoms with Gasteiger partial charge >= 0.3 is 18.0 Å². The number of carbonyl (C=O) groups is 1. The van der Waals surface area contributed by atoms with Crippen LogP contribution in [0.3, 0.4) is 0 Å². The molecule has 0 bridgehead atoms. The van der Waals surface area contributed by atoms with Crippen LogP contribution in [0.25, 0.3) is 0 Å². The molecule has 0 fully saturated rings. The number of urea groups is 1. The summed E-state index contributed by atoms with van der Waals surface area (Å²) in [7, 11) is 0. The van der Waals surface area contributed by atoms with Gasteiger partial charge in [0, 0.05) is 6.54 Å². The molecule has 1 unspecified atom stereocenters. The number of oxime groups is 1. The largest absolute Gasteiger partial charge is 0.458 e. The topological polar surface area (TPSA) is 107 Å². The zero-order valence-corrected chi connectivity index (χ0v) is 14.8. The van der Waals surface area contributed by atoms with Crippen LogP contribution in [-0.4, -0.2) is 28.8 Å². The van der Waals surface area contributed by atoms with Crippen LogP contribution in [0.4, 0.5) is 23.7 Å². The van der Waals surface area contributed by atoms with Crippen LogP contribution in [0.5, 0.6) is 0 Å². The molecule has 150 valence electrons. The van der Waals surface area contributed by atoms with Crippen LogP contribution >= 0.6 is 0 Å². The van der Waals surface area contributed by atoms with E-state index >= 15 is 0 Å². The summed E-state index contributed by atoms with van der Waals surface area (Å²) in [6, 6.07) is 14.2. The Bertz CT molecular complexity index is 1000. The van der Waals surface area contributed by atoms with Gasteiger partial charge in [0.25, 0.3) is 0 Å². The first-order valence-corrected chi connectivity index (χ1v) is 8.39. The summed E-state index contributed by atoms with van der Waals surface area (Å²) in [5, 5.41) is 27.1. The maximum Gasteiger partial charge on any atom is 0.458 e. The van der Waals surface area contributed by atoms with Gasteiger partial charge in [-0.2, -0.15) is 18.4 Å². The zero-order valence-electron chi connectivity index (χ0n) is 14.8. The molecule has 0 radical (unpaired) electrons. The van der Waals surface area contributed by atoms with Gasteiger partial charge in [-0.15, -0.1) is 0 Å². The third kappa shape index (κ3) is 4.47. The van der Waals surface area contributed by atoms with Gasteiger partial charge in [0.15, 0.2) is 0 Å². The first-order valence-electron chi connectivity index (χ1n) is 8.39. The van der Waals surface area contributed by atoms with Crippen LogP contribution < -0.4 is 10.6 Å². The third-order valence-electron chi connectivity index (χ3n) is 4.17. The molecule has 0 aromatic heterocycles. The highest BCUT2D eigenvalue weighted by molar-refractivity contribution is 6.01. The number of benzene rings is 2. The first-order chi connectivity index (χ1) is 13.7. The predicted octanol–water partition coefficient (Wildman–Crippen LogP) is 3.26. The molecule has 7 nitrogen and oxygen atoms in total. The van der Waals surface area contributed by atoms with Gasteiger partial charge < -0.3 is 20.6 Å². The highest BCUT2D eigenvalue weighted by atomic mass is 19.4. The maximum atomic E-state index is 12.8. The Morgan fingerprint density at radius 3 is 2.72 bits per heavy atom. The van der Waals surface area contributed by atoms with Crippen molar-refractivity contribution in [2.45, 2.75) is 24.9 Å². The van der Waals surface area contributed by atoms with Crippen molar-refractivity contribution in [2.24, 2.45) is 5.16 Å². The molecule has 1 aliphatic rings. The third-order valence-corrected chi connectivity index (χ3v) is 4.17. The van der Waals surface area contributed by atoms with E-state index < -0.39 is 24.4 Å². The molecule has 3 N–H and O–H groups in total. The van der Waals surface area contributed by atoms with Crippen molar-refractivity contribution < 1.29 is 27.9 Å². The van der Waals surface area contributed by atoms with E-state index in [9.17, 15) is 23.1 Å². The summed E-state index contributed by atoms with van der Waals surface area (Å²) in [6.45, 7) is 0.0755. The Kier molecular flexibility index (Phi) is 5.43. The molecule has 0 spiro atoms. The lowest BCUT2D eigenvalue weighted by Gasteiger charge is -2.22. The Hall–Kier alpha value is -3.58. The van der Waals surface area contributed by atoms with E-state index in [2.05, 4.69) is 20.6 Å². The van der Waals surface area contributed by atoms with E-state index in [1.54, 1.807) is 36.4 Å². The van der Waals surface area contributed by atoms with Gasteiger partial charge in [-0.1, -0.05) is 35.5 Å². The normalized spacial score (nSPS) is 18.4. The van der Waals surface area contributed by atoms with Crippen LogP contribution in [0.1, 0.15) is 23.1 Å². The van der Waals surface area contributed by atoms with Crippen molar-refractivity contribution in [3.05, 3.63) is 65.2 Å². The molecule has 2 amide bonds. The monoisotopic (exact) mass is 404 g/mol. The number of nitriles is 1. The number of carbonyl (C=O) groups excluding carboxylic acids is 1. The molecule has 1 atom stereocenters. The molecular formula is C19H15F3N4O3. The lowest BCUT2D eigenvalue weighted by molar-refractivity contribution is -0.355. The number of halogens is 3. The SMILES string of the molecule is N#Cc1ccccc1NC(=O)NCc1cccc(C2=NOC(O)(C(F)(F)F)C2)c1. The fourth-order valence-electron chi connectivity index (χ4n) is 2.63. The van der Waals surface area contributed by atoms with Crippen molar-refractivity contribution in [3.63, 3.8) is 0 Å². The van der Waals surface area contributed by atoms with Gasteiger partial charge in [-0.3, -0.25) is 0 Å². The number of nitrogens with one attached hydrogen (secondary N) is 2. The minimum absolute atomic E-state index is 0.0564. The number of amides is 2. The molecule has 3 rings (SSSR count). The molecule has 0 saturated carbocycles. The summed E-state index contributed by atoms with van der Waals surface area (Å²) in [5.74, 6) is -3.34. The minimum Gasteiger partial charge on any atom is -0.350 e. The average Bonchev–Trinajstić information content (AvgIpc) is 3.11. The summed E-state index contributed by atoms with van der Waals surface area (Å²) >= 11 is 0. The van der Waals surface area contributed by atoms with Gasteiger partial charge in [-0.25, -0.2) is 4.79 Å². The van der Waals surface area contributed by atoms with Crippen LogP contribution in [0.15, 0.2) is 53.7 Å². The quantitative estimate of drug-likeness (QED) is 0.727. The number of para-hydroxylation sites is 1. The standard InChI is InChI=1S/C19H15F3N4O3/c20-19(21,22)18(28)9-16(26-29-18)13-6-3-4-12(8-13)11-24-17(27)25-15-7-2-1-5-14(15)10-23/h1-8,28H,9,11H2,(H2,24,25,27). The van der Waals surface area contributed by atoms with E-state index in [-0.39, 0.29) is 12.3 Å². The lowest BCUT2D eigenvalue weighted by Crippen LogP contribution is -2.45. The van der Waals surface area contributed by atoms with Crippen molar-refractivity contribution in [1.29, 1.82) is 5.26 Å². The second kappa shape index (κ2) is 7.81. The fraction of sp³-hybridized carbons (Fsp3) is 0.211. The molecule has 2 aromatic rings. The van der Waals surface area contributed by atoms with Crippen molar-refractivity contribution in [1.82, 2.24) is 5.32 Å². The molecule has 2 aromatic carbocycles. The van der Waals surface area contributed by atoms with Crippen molar-refractivity contribution in [3.8, 4) is 6.07 Å². The number of aliphatic hydroxyl groups is 1. The number of alkyl halides is 3. The number of rotatable bonds is 4. The summed E-state index contributed by atoms with van der Waals surface area (Å²) in [4.78, 5) is 16.3. The van der Waals surface area contributed by atoms with Crippen LogP contribution in [0, 0.1) is 11.3 Å². The number of nitrogens with zero attached hydrogens (tertiary/aromatic N) is 2. The average molecular weight is 404 g/mol. The fourth-order valence-corrected chi connectivity index (χ4v) is 2.63. The summed E-state index contributed by atoms with van der Waals surface area (Å²) in [5.41, 5.74) is 1.53. The van der Waals surface area contributed by atoms with Crippen LogP contribution in [0.2, 0.25) is 0 Å². The number of hydrogen-bond donors (Lipinski definition) is 3. The minimum atomic E-state index is -4.98. The van der Waals surface area contributed by atoms with E-state index in [0.29, 0.717) is 22.4 Å². The van der Waals surface area contributed by atoms with Gasteiger partial charge in [0.1, 0.15) is 6.07 Å². The van der Waals surface area contributed by atoms with Crippen LogP contribution in [-0.2, 0) is 11.4 Å². The molecule has 10 heteroatoms. The summed E-state index contributed by atoms with van der Waals surface area (Å²) in [6.07, 6.45) is -5.81. The predicted molar refractivity (Wildman–Crippen MR) is 96.7 cm³/mol. The second-order valence-corrected chi connectivity index (χ2v) is 6.25. The lowest BCUT2D eigenvalue weighted by atomic mass is 10.0. The first kappa shape index (κ1) is 20.2. The zero-order chi connectivity index (χ0) is 21.1.